The number of rotatable bonds is 4. The fraction of sp³-hybridized carbons (Fsp3) is 0.222. The summed E-state index contributed by atoms with van der Waals surface area (Å²) < 4.78 is 65.2. The molecule has 0 spiro atoms. The fourth-order valence-corrected chi connectivity index (χ4v) is 4.71. The van der Waals surface area contributed by atoms with E-state index >= 15 is 0 Å². The van der Waals surface area contributed by atoms with E-state index < -0.39 is 49.8 Å². The van der Waals surface area contributed by atoms with E-state index in [0.717, 1.165) is 0 Å². The molecular weight excluding hydrogens is 513 g/mol. The van der Waals surface area contributed by atoms with Crippen molar-refractivity contribution in [2.45, 2.75) is 24.5 Å². The second-order valence-electron chi connectivity index (χ2n) is 6.36. The van der Waals surface area contributed by atoms with Crippen LogP contribution in [0.25, 0.3) is 10.9 Å². The summed E-state index contributed by atoms with van der Waals surface area (Å²) in [6.45, 7) is 0.975. The van der Waals surface area contributed by atoms with Crippen molar-refractivity contribution in [2.24, 2.45) is 0 Å². The number of sulfone groups is 1. The summed E-state index contributed by atoms with van der Waals surface area (Å²) in [5.74, 6) is -0.213. The van der Waals surface area contributed by atoms with Crippen LogP contribution in [-0.4, -0.2) is 23.7 Å². The maximum Gasteiger partial charge on any atom is 0.416 e. The molecule has 0 bridgehead atoms. The first-order chi connectivity index (χ1) is 13.8. The van der Waals surface area contributed by atoms with E-state index in [9.17, 15) is 31.2 Å². The zero-order chi connectivity index (χ0) is 22.4. The van der Waals surface area contributed by atoms with E-state index in [0.29, 0.717) is 21.2 Å². The lowest BCUT2D eigenvalue weighted by Crippen LogP contribution is -2.36. The van der Waals surface area contributed by atoms with Gasteiger partial charge in [-0.2, -0.15) is 13.2 Å². The van der Waals surface area contributed by atoms with Crippen LogP contribution in [0.4, 0.5) is 13.2 Å². The lowest BCUT2D eigenvalue weighted by molar-refractivity contribution is -0.137. The molecule has 1 N–H and O–H groups in total. The number of H-pyrrole nitrogens is 1. The number of alkyl halides is 3. The molecule has 0 aliphatic heterocycles. The lowest BCUT2D eigenvalue weighted by atomic mass is 10.1. The van der Waals surface area contributed by atoms with Gasteiger partial charge in [0.1, 0.15) is 0 Å². The Morgan fingerprint density at radius 2 is 1.83 bits per heavy atom. The number of hydrogen-bond acceptors (Lipinski definition) is 4. The van der Waals surface area contributed by atoms with Gasteiger partial charge in [0, 0.05) is 4.47 Å². The fourth-order valence-electron chi connectivity index (χ4n) is 2.92. The molecule has 0 saturated carbocycles. The van der Waals surface area contributed by atoms with Crippen LogP contribution in [0.2, 0.25) is 5.02 Å². The quantitative estimate of drug-likeness (QED) is 0.558. The average Bonchev–Trinajstić information content (AvgIpc) is 2.65. The summed E-state index contributed by atoms with van der Waals surface area (Å²) in [7, 11) is -3.69. The molecular formula is C18H13BrClF3N2O4S. The van der Waals surface area contributed by atoms with Crippen molar-refractivity contribution >= 4 is 48.3 Å². The zero-order valence-corrected chi connectivity index (χ0v) is 18.3. The Kier molecular flexibility index (Phi) is 5.91. The van der Waals surface area contributed by atoms with Crippen LogP contribution in [0.15, 0.2) is 49.3 Å². The van der Waals surface area contributed by atoms with Gasteiger partial charge >= 0.3 is 11.9 Å². The van der Waals surface area contributed by atoms with E-state index in [4.69, 9.17) is 11.6 Å². The Hall–Kier alpha value is -2.11. The number of hydrogen-bond donors (Lipinski definition) is 1. The van der Waals surface area contributed by atoms with Crippen LogP contribution in [0.3, 0.4) is 0 Å². The van der Waals surface area contributed by atoms with Gasteiger partial charge in [-0.05, 0) is 35.9 Å². The van der Waals surface area contributed by atoms with Crippen LogP contribution in [0, 0.1) is 0 Å². The molecule has 30 heavy (non-hydrogen) atoms. The Labute approximate surface area is 181 Å². The van der Waals surface area contributed by atoms with Crippen LogP contribution in [0.1, 0.15) is 18.1 Å². The third-order valence-corrected chi connectivity index (χ3v) is 7.06. The lowest BCUT2D eigenvalue weighted by Gasteiger charge is -2.13. The predicted octanol–water partition coefficient (Wildman–Crippen LogP) is 3.97. The normalized spacial score (nSPS) is 12.5. The second kappa shape index (κ2) is 7.86. The van der Waals surface area contributed by atoms with E-state index in [1.807, 2.05) is 0 Å². The largest absolute Gasteiger partial charge is 0.416 e. The zero-order valence-electron chi connectivity index (χ0n) is 15.2. The van der Waals surface area contributed by atoms with E-state index in [1.165, 1.54) is 25.1 Å². The summed E-state index contributed by atoms with van der Waals surface area (Å²) in [5, 5.41) is -0.873. The molecule has 1 aromatic heterocycles. The van der Waals surface area contributed by atoms with Gasteiger partial charge in [0.2, 0.25) is 0 Å². The van der Waals surface area contributed by atoms with Crippen LogP contribution in [0.5, 0.6) is 0 Å². The Morgan fingerprint density at radius 3 is 2.43 bits per heavy atom. The van der Waals surface area contributed by atoms with Crippen LogP contribution >= 0.6 is 27.5 Å². The molecule has 0 atom stereocenters. The predicted molar refractivity (Wildman–Crippen MR) is 110 cm³/mol. The minimum atomic E-state index is -4.75. The van der Waals surface area contributed by atoms with E-state index in [-0.39, 0.29) is 21.7 Å². The van der Waals surface area contributed by atoms with Crippen molar-refractivity contribution in [2.75, 3.05) is 5.75 Å². The number of benzene rings is 2. The molecule has 0 aliphatic rings. The minimum absolute atomic E-state index is 0.0818. The van der Waals surface area contributed by atoms with Gasteiger partial charge in [-0.3, -0.25) is 9.36 Å². The minimum Gasteiger partial charge on any atom is -0.305 e. The highest BCUT2D eigenvalue weighted by atomic mass is 79.9. The number of fused-ring (bicyclic) bond motifs is 1. The molecule has 6 nitrogen and oxygen atoms in total. The molecule has 0 saturated heterocycles. The molecule has 1 heterocycles. The van der Waals surface area contributed by atoms with Crippen molar-refractivity contribution in [1.29, 1.82) is 0 Å². The molecule has 0 aliphatic carbocycles. The second-order valence-corrected chi connectivity index (χ2v) is 9.92. The highest BCUT2D eigenvalue weighted by Gasteiger charge is 2.32. The van der Waals surface area contributed by atoms with Gasteiger partial charge in [0.15, 0.2) is 9.84 Å². The molecule has 3 rings (SSSR count). The number of halogens is 5. The number of aromatic nitrogens is 2. The van der Waals surface area contributed by atoms with Crippen LogP contribution in [-0.2, 0) is 22.6 Å². The summed E-state index contributed by atoms with van der Waals surface area (Å²) >= 11 is 9.05. The topological polar surface area (TPSA) is 89.0 Å². The van der Waals surface area contributed by atoms with Crippen LogP contribution < -0.4 is 11.2 Å². The van der Waals surface area contributed by atoms with Crippen molar-refractivity contribution in [3.63, 3.8) is 0 Å². The summed E-state index contributed by atoms with van der Waals surface area (Å²) in [4.78, 5) is 27.5. The molecule has 2 aromatic carbocycles. The number of nitrogens with zero attached hydrogens (tertiary/aromatic N) is 1. The highest BCUT2D eigenvalue weighted by molar-refractivity contribution is 9.10. The van der Waals surface area contributed by atoms with Gasteiger partial charge in [-0.15, -0.1) is 0 Å². The molecule has 160 valence electrons. The Balaban J connectivity index is 2.28. The first-order valence-corrected chi connectivity index (χ1v) is 11.2. The van der Waals surface area contributed by atoms with Crippen molar-refractivity contribution < 1.29 is 21.6 Å². The molecule has 0 radical (unpaired) electrons. The first kappa shape index (κ1) is 22.6. The van der Waals surface area contributed by atoms with Crippen molar-refractivity contribution in [3.8, 4) is 0 Å². The SMILES string of the molecule is CCS(=O)(=O)c1ccc(Br)cc1Cn1c(=O)[nH]c2c(Cl)cc(C(F)(F)F)cc2c1=O. The maximum absolute atomic E-state index is 13.1. The maximum atomic E-state index is 13.1. The summed E-state index contributed by atoms with van der Waals surface area (Å²) in [6, 6.07) is 5.47. The van der Waals surface area contributed by atoms with Gasteiger partial charge in [-0.1, -0.05) is 34.5 Å². The summed E-state index contributed by atoms with van der Waals surface area (Å²) in [5.41, 5.74) is -3.20. The first-order valence-electron chi connectivity index (χ1n) is 8.40. The smallest absolute Gasteiger partial charge is 0.305 e. The number of nitrogens with one attached hydrogen (secondary N) is 1. The molecule has 0 unspecified atom stereocenters. The van der Waals surface area contributed by atoms with E-state index in [2.05, 4.69) is 20.9 Å². The van der Waals surface area contributed by atoms with Gasteiger partial charge in [0.25, 0.3) is 5.56 Å². The van der Waals surface area contributed by atoms with Crippen molar-refractivity contribution in [1.82, 2.24) is 9.55 Å². The standard InChI is InChI=1S/C18H13BrClF3N2O4S/c1-2-30(28,29)14-4-3-11(19)5-9(14)8-25-16(26)12-6-10(18(21,22)23)7-13(20)15(12)24-17(25)27/h3-7H,2,8H2,1H3,(H,24,27). The third kappa shape index (κ3) is 4.19. The third-order valence-electron chi connectivity index (χ3n) is 4.44. The van der Waals surface area contributed by atoms with Gasteiger partial charge < -0.3 is 4.98 Å². The molecule has 12 heteroatoms. The molecule has 0 fully saturated rings. The number of aromatic amines is 1. The molecule has 0 amide bonds. The highest BCUT2D eigenvalue weighted by Crippen LogP contribution is 2.33. The van der Waals surface area contributed by atoms with Gasteiger partial charge in [0.05, 0.1) is 38.7 Å². The Bertz CT molecular complexity index is 1380. The Morgan fingerprint density at radius 1 is 1.17 bits per heavy atom. The monoisotopic (exact) mass is 524 g/mol. The summed E-state index contributed by atoms with van der Waals surface area (Å²) in [6.07, 6.45) is -4.75. The van der Waals surface area contributed by atoms with Crippen molar-refractivity contribution in [3.05, 3.63) is 71.8 Å². The van der Waals surface area contributed by atoms with E-state index in [1.54, 1.807) is 0 Å². The molecule has 3 aromatic rings. The van der Waals surface area contributed by atoms with Gasteiger partial charge in [-0.25, -0.2) is 13.2 Å². The average molecular weight is 526 g/mol.